The molecule has 1 aliphatic heterocycles. The quantitative estimate of drug-likeness (QED) is 0.0328. The molecule has 0 aromatic heterocycles. The summed E-state index contributed by atoms with van der Waals surface area (Å²) in [5.74, 6) is -0.162. The van der Waals surface area contributed by atoms with Crippen molar-refractivity contribution in [3.05, 3.63) is 12.2 Å². The first kappa shape index (κ1) is 45.0. The molecule has 6 N–H and O–H groups in total. The van der Waals surface area contributed by atoms with Crippen LogP contribution in [0.4, 0.5) is 0 Å². The fourth-order valence-corrected chi connectivity index (χ4v) is 6.33. The zero-order chi connectivity index (χ0) is 35.2. The van der Waals surface area contributed by atoms with Gasteiger partial charge in [0.05, 0.1) is 25.4 Å². The molecule has 1 aliphatic rings. The van der Waals surface area contributed by atoms with Crippen LogP contribution in [0.2, 0.25) is 0 Å². The van der Waals surface area contributed by atoms with Crippen LogP contribution in [0.5, 0.6) is 0 Å². The van der Waals surface area contributed by atoms with Crippen LogP contribution in [-0.4, -0.2) is 87.5 Å². The Labute approximate surface area is 293 Å². The van der Waals surface area contributed by atoms with Crippen molar-refractivity contribution < 1.29 is 39.8 Å². The molecule has 7 atom stereocenters. The zero-order valence-corrected chi connectivity index (χ0v) is 30.7. The van der Waals surface area contributed by atoms with Crippen LogP contribution in [0.1, 0.15) is 174 Å². The van der Waals surface area contributed by atoms with E-state index in [4.69, 9.17) is 9.47 Å². The van der Waals surface area contributed by atoms with Crippen LogP contribution >= 0.6 is 0 Å². The number of carbonyl (C=O) groups excluding carboxylic acids is 1. The number of allylic oxidation sites excluding steroid dienone is 2. The molecule has 7 unspecified atom stereocenters. The highest BCUT2D eigenvalue weighted by molar-refractivity contribution is 5.76. The zero-order valence-electron chi connectivity index (χ0n) is 30.7. The third kappa shape index (κ3) is 21.9. The highest BCUT2D eigenvalue weighted by atomic mass is 16.7. The number of rotatable bonds is 32. The summed E-state index contributed by atoms with van der Waals surface area (Å²) in [6, 6.07) is -0.720. The summed E-state index contributed by atoms with van der Waals surface area (Å²) in [5.41, 5.74) is 0. The summed E-state index contributed by atoms with van der Waals surface area (Å²) >= 11 is 0. The molecule has 284 valence electrons. The summed E-state index contributed by atoms with van der Waals surface area (Å²) in [5, 5.41) is 54.0. The van der Waals surface area contributed by atoms with Gasteiger partial charge in [0, 0.05) is 6.42 Å². The number of unbranched alkanes of at least 4 members (excludes halogenated alkanes) is 20. The fraction of sp³-hybridized carbons (Fsp3) is 0.923. The van der Waals surface area contributed by atoms with E-state index in [1.54, 1.807) is 0 Å². The van der Waals surface area contributed by atoms with E-state index in [9.17, 15) is 30.3 Å². The van der Waals surface area contributed by atoms with Gasteiger partial charge in [0.25, 0.3) is 0 Å². The molecule has 9 heteroatoms. The smallest absolute Gasteiger partial charge is 0.220 e. The predicted molar refractivity (Wildman–Crippen MR) is 194 cm³/mol. The average Bonchev–Trinajstić information content (AvgIpc) is 3.08. The molecule has 0 aromatic rings. The minimum absolute atomic E-state index is 0.142. The third-order valence-corrected chi connectivity index (χ3v) is 9.62. The minimum atomic E-state index is -1.55. The minimum Gasteiger partial charge on any atom is -0.394 e. The lowest BCUT2D eigenvalue weighted by molar-refractivity contribution is -0.302. The van der Waals surface area contributed by atoms with Crippen LogP contribution in [0, 0.1) is 0 Å². The van der Waals surface area contributed by atoms with Gasteiger partial charge in [-0.25, -0.2) is 0 Å². The van der Waals surface area contributed by atoms with Gasteiger partial charge in [-0.05, 0) is 38.5 Å². The maximum absolute atomic E-state index is 12.9. The maximum atomic E-state index is 12.9. The number of aliphatic hydroxyl groups excluding tert-OH is 5. The average molecular weight is 686 g/mol. The molecule has 1 saturated heterocycles. The molecular formula is C39H75NO8. The van der Waals surface area contributed by atoms with E-state index < -0.39 is 49.5 Å². The Hall–Kier alpha value is -1.07. The Morgan fingerprint density at radius 3 is 1.69 bits per heavy atom. The van der Waals surface area contributed by atoms with Gasteiger partial charge in [-0.1, -0.05) is 142 Å². The summed E-state index contributed by atoms with van der Waals surface area (Å²) < 4.78 is 11.2. The highest BCUT2D eigenvalue weighted by Crippen LogP contribution is 2.23. The van der Waals surface area contributed by atoms with Gasteiger partial charge < -0.3 is 40.3 Å². The lowest BCUT2D eigenvalue weighted by atomic mass is 9.99. The van der Waals surface area contributed by atoms with E-state index in [1.165, 1.54) is 96.3 Å². The van der Waals surface area contributed by atoms with Gasteiger partial charge in [0.15, 0.2) is 6.29 Å². The molecule has 1 rings (SSSR count). The SMILES string of the molecule is CCCCCCCC/C=C\CCCCCC(=O)NC(COC1OC(CO)C(O)C(O)C1O)C(O)CCCCCCCCCCCCCC. The van der Waals surface area contributed by atoms with Crippen molar-refractivity contribution in [2.45, 2.75) is 217 Å². The molecule has 0 aromatic carbocycles. The summed E-state index contributed by atoms with van der Waals surface area (Å²) in [7, 11) is 0. The topological polar surface area (TPSA) is 149 Å². The second kappa shape index (κ2) is 30.7. The van der Waals surface area contributed by atoms with Gasteiger partial charge >= 0.3 is 0 Å². The van der Waals surface area contributed by atoms with E-state index in [-0.39, 0.29) is 12.5 Å². The molecule has 0 aliphatic carbocycles. The largest absolute Gasteiger partial charge is 0.394 e. The second-order valence-corrected chi connectivity index (χ2v) is 14.1. The first-order valence-electron chi connectivity index (χ1n) is 19.9. The lowest BCUT2D eigenvalue weighted by Gasteiger charge is -2.40. The van der Waals surface area contributed by atoms with Crippen molar-refractivity contribution in [1.29, 1.82) is 0 Å². The van der Waals surface area contributed by atoms with Crippen LogP contribution < -0.4 is 5.32 Å². The Morgan fingerprint density at radius 1 is 0.688 bits per heavy atom. The van der Waals surface area contributed by atoms with E-state index in [0.717, 1.165) is 51.4 Å². The lowest BCUT2D eigenvalue weighted by Crippen LogP contribution is -2.60. The van der Waals surface area contributed by atoms with Crippen LogP contribution in [0.3, 0.4) is 0 Å². The predicted octanol–water partition coefficient (Wildman–Crippen LogP) is 7.00. The first-order valence-corrected chi connectivity index (χ1v) is 19.9. The second-order valence-electron chi connectivity index (χ2n) is 14.1. The van der Waals surface area contributed by atoms with Crippen molar-refractivity contribution in [2.24, 2.45) is 0 Å². The number of hydrogen-bond acceptors (Lipinski definition) is 8. The molecule has 0 saturated carbocycles. The number of amides is 1. The van der Waals surface area contributed by atoms with Crippen molar-refractivity contribution >= 4 is 5.91 Å². The molecule has 1 fully saturated rings. The van der Waals surface area contributed by atoms with E-state index in [2.05, 4.69) is 31.3 Å². The normalized spacial score (nSPS) is 22.7. The van der Waals surface area contributed by atoms with Crippen LogP contribution in [0.15, 0.2) is 12.2 Å². The number of ether oxygens (including phenoxy) is 2. The molecular weight excluding hydrogens is 610 g/mol. The van der Waals surface area contributed by atoms with Crippen LogP contribution in [0.25, 0.3) is 0 Å². The molecule has 0 radical (unpaired) electrons. The Bertz CT molecular complexity index is 766. The van der Waals surface area contributed by atoms with Gasteiger partial charge in [0.2, 0.25) is 5.91 Å². The van der Waals surface area contributed by atoms with E-state index in [0.29, 0.717) is 12.8 Å². The Kier molecular flexibility index (Phi) is 28.8. The monoisotopic (exact) mass is 686 g/mol. The first-order chi connectivity index (χ1) is 23.3. The fourth-order valence-electron chi connectivity index (χ4n) is 6.33. The van der Waals surface area contributed by atoms with Crippen molar-refractivity contribution in [1.82, 2.24) is 5.32 Å². The summed E-state index contributed by atoms with van der Waals surface area (Å²) in [6.45, 7) is 3.79. The third-order valence-electron chi connectivity index (χ3n) is 9.62. The Morgan fingerprint density at radius 2 is 1.17 bits per heavy atom. The van der Waals surface area contributed by atoms with Gasteiger partial charge in [-0.2, -0.15) is 0 Å². The summed E-state index contributed by atoms with van der Waals surface area (Å²) in [6.07, 6.45) is 25.0. The number of aliphatic hydroxyl groups is 5. The number of carbonyl (C=O) groups is 1. The number of hydrogen-bond donors (Lipinski definition) is 6. The van der Waals surface area contributed by atoms with Crippen molar-refractivity contribution in [3.63, 3.8) is 0 Å². The van der Waals surface area contributed by atoms with Crippen molar-refractivity contribution in [3.8, 4) is 0 Å². The highest BCUT2D eigenvalue weighted by Gasteiger charge is 2.44. The van der Waals surface area contributed by atoms with E-state index >= 15 is 0 Å². The van der Waals surface area contributed by atoms with Crippen molar-refractivity contribution in [2.75, 3.05) is 13.2 Å². The molecule has 1 amide bonds. The van der Waals surface area contributed by atoms with Gasteiger partial charge in [0.1, 0.15) is 24.4 Å². The van der Waals surface area contributed by atoms with Gasteiger partial charge in [-0.3, -0.25) is 4.79 Å². The molecule has 0 spiro atoms. The van der Waals surface area contributed by atoms with Gasteiger partial charge in [-0.15, -0.1) is 0 Å². The number of nitrogens with one attached hydrogen (secondary N) is 1. The molecule has 0 bridgehead atoms. The standard InChI is InChI=1S/C39H75NO8/c1-3-5-7-9-11-13-15-17-19-21-23-25-27-29-35(43)40-32(31-47-39-38(46)37(45)36(44)34(30-41)48-39)33(42)28-26-24-22-20-18-16-14-12-10-8-6-4-2/h17,19,32-34,36-39,41-42,44-46H,3-16,18,20-31H2,1-2H3,(H,40,43)/b19-17-. The molecule has 9 nitrogen and oxygen atoms in total. The Balaban J connectivity index is 2.42. The maximum Gasteiger partial charge on any atom is 0.220 e. The summed E-state index contributed by atoms with van der Waals surface area (Å²) in [4.78, 5) is 12.9. The molecule has 48 heavy (non-hydrogen) atoms. The van der Waals surface area contributed by atoms with Crippen LogP contribution in [-0.2, 0) is 14.3 Å². The van der Waals surface area contributed by atoms with E-state index in [1.807, 2.05) is 0 Å². The molecule has 1 heterocycles.